The lowest BCUT2D eigenvalue weighted by molar-refractivity contribution is -0.117. The van der Waals surface area contributed by atoms with Gasteiger partial charge in [-0.2, -0.15) is 0 Å². The molecular weight excluding hydrogens is 444 g/mol. The van der Waals surface area contributed by atoms with Gasteiger partial charge in [0, 0.05) is 18.5 Å². The molecule has 1 aromatic heterocycles. The van der Waals surface area contributed by atoms with Gasteiger partial charge in [-0.05, 0) is 60.2 Å². The van der Waals surface area contributed by atoms with Gasteiger partial charge >= 0.3 is 0 Å². The predicted octanol–water partition coefficient (Wildman–Crippen LogP) is 3.71. The van der Waals surface area contributed by atoms with Gasteiger partial charge in [0.15, 0.2) is 0 Å². The third kappa shape index (κ3) is 6.05. The molecule has 0 unspecified atom stereocenters. The van der Waals surface area contributed by atoms with Crippen LogP contribution in [-0.2, 0) is 11.2 Å². The van der Waals surface area contributed by atoms with Crippen molar-refractivity contribution < 1.29 is 19.1 Å². The fourth-order valence-electron chi connectivity index (χ4n) is 3.48. The molecule has 0 fully saturated rings. The van der Waals surface area contributed by atoms with Crippen molar-refractivity contribution in [1.82, 2.24) is 20.6 Å². The van der Waals surface area contributed by atoms with Gasteiger partial charge in [0.25, 0.3) is 11.8 Å². The van der Waals surface area contributed by atoms with Crippen LogP contribution in [0.4, 0.5) is 0 Å². The number of aromatic amines is 1. The van der Waals surface area contributed by atoms with Crippen molar-refractivity contribution in [3.05, 3.63) is 95.4 Å². The number of benzene rings is 3. The normalized spacial score (nSPS) is 11.2. The van der Waals surface area contributed by atoms with Crippen molar-refractivity contribution in [3.63, 3.8) is 0 Å². The van der Waals surface area contributed by atoms with Gasteiger partial charge in [-0.15, -0.1) is 0 Å². The first-order valence-electron chi connectivity index (χ1n) is 11.1. The second-order valence-corrected chi connectivity index (χ2v) is 7.72. The van der Waals surface area contributed by atoms with Gasteiger partial charge in [-0.25, -0.2) is 4.98 Å². The van der Waals surface area contributed by atoms with E-state index in [1.807, 2.05) is 24.3 Å². The SMILES string of the molecule is COc1ccc(C=C(NC(=O)c2ccc(OC)cc2)C(=O)NCCc2nc3ccccc3[nH]2)cc1. The highest BCUT2D eigenvalue weighted by Gasteiger charge is 2.15. The number of H-pyrrole nitrogens is 1. The molecule has 3 aromatic carbocycles. The number of nitrogens with zero attached hydrogens (tertiary/aromatic N) is 1. The topological polar surface area (TPSA) is 105 Å². The van der Waals surface area contributed by atoms with Gasteiger partial charge < -0.3 is 25.1 Å². The van der Waals surface area contributed by atoms with Crippen LogP contribution < -0.4 is 20.1 Å². The molecular formula is C27H26N4O4. The van der Waals surface area contributed by atoms with E-state index in [9.17, 15) is 9.59 Å². The quantitative estimate of drug-likeness (QED) is 0.324. The van der Waals surface area contributed by atoms with E-state index in [1.165, 1.54) is 0 Å². The Balaban J connectivity index is 1.48. The summed E-state index contributed by atoms with van der Waals surface area (Å²) in [5, 5.41) is 5.60. The smallest absolute Gasteiger partial charge is 0.267 e. The summed E-state index contributed by atoms with van der Waals surface area (Å²) >= 11 is 0. The van der Waals surface area contributed by atoms with E-state index in [0.717, 1.165) is 22.4 Å². The van der Waals surface area contributed by atoms with Gasteiger partial charge in [0.1, 0.15) is 23.0 Å². The first-order chi connectivity index (χ1) is 17.1. The molecule has 8 nitrogen and oxygen atoms in total. The van der Waals surface area contributed by atoms with E-state index in [-0.39, 0.29) is 5.70 Å². The first kappa shape index (κ1) is 23.6. The number of hydrogen-bond acceptors (Lipinski definition) is 5. The Bertz CT molecular complexity index is 1310. The molecule has 178 valence electrons. The maximum atomic E-state index is 13.0. The standard InChI is InChI=1S/C27H26N4O4/c1-34-20-11-7-18(8-12-20)17-24(31-26(32)19-9-13-21(35-2)14-10-19)27(33)28-16-15-25-29-22-5-3-4-6-23(22)30-25/h3-14,17H,15-16H2,1-2H3,(H,28,33)(H,29,30)(H,31,32). The number of imidazole rings is 1. The van der Waals surface area contributed by atoms with E-state index in [1.54, 1.807) is 68.8 Å². The van der Waals surface area contributed by atoms with Crippen LogP contribution in [-0.4, -0.2) is 42.5 Å². The lowest BCUT2D eigenvalue weighted by Crippen LogP contribution is -2.35. The molecule has 0 radical (unpaired) electrons. The van der Waals surface area contributed by atoms with E-state index < -0.39 is 11.8 Å². The lowest BCUT2D eigenvalue weighted by atomic mass is 10.1. The van der Waals surface area contributed by atoms with Crippen molar-refractivity contribution >= 4 is 28.9 Å². The Morgan fingerprint density at radius 1 is 0.914 bits per heavy atom. The number of ether oxygens (including phenoxy) is 2. The molecule has 35 heavy (non-hydrogen) atoms. The average molecular weight is 471 g/mol. The fourth-order valence-corrected chi connectivity index (χ4v) is 3.48. The third-order valence-corrected chi connectivity index (χ3v) is 5.36. The Morgan fingerprint density at radius 2 is 1.57 bits per heavy atom. The molecule has 8 heteroatoms. The van der Waals surface area contributed by atoms with Gasteiger partial charge in [0.2, 0.25) is 0 Å². The minimum Gasteiger partial charge on any atom is -0.497 e. The van der Waals surface area contributed by atoms with Crippen LogP contribution in [0.5, 0.6) is 11.5 Å². The molecule has 0 aliphatic carbocycles. The maximum Gasteiger partial charge on any atom is 0.267 e. The van der Waals surface area contributed by atoms with Crippen molar-refractivity contribution in [1.29, 1.82) is 0 Å². The fraction of sp³-hybridized carbons (Fsp3) is 0.148. The summed E-state index contributed by atoms with van der Waals surface area (Å²) in [5.74, 6) is 1.30. The second kappa shape index (κ2) is 11.0. The number of amides is 2. The summed E-state index contributed by atoms with van der Waals surface area (Å²) in [6.45, 7) is 0.344. The molecule has 3 N–H and O–H groups in total. The molecule has 2 amide bonds. The van der Waals surface area contributed by atoms with E-state index in [0.29, 0.717) is 30.0 Å². The number of fused-ring (bicyclic) bond motifs is 1. The Labute approximate surface area is 203 Å². The Kier molecular flexibility index (Phi) is 7.42. The van der Waals surface area contributed by atoms with Crippen LogP contribution in [0, 0.1) is 0 Å². The number of carbonyl (C=O) groups is 2. The average Bonchev–Trinajstić information content (AvgIpc) is 3.31. The van der Waals surface area contributed by atoms with Gasteiger partial charge in [-0.3, -0.25) is 9.59 Å². The van der Waals surface area contributed by atoms with Crippen LogP contribution in [0.1, 0.15) is 21.7 Å². The van der Waals surface area contributed by atoms with Crippen molar-refractivity contribution in [3.8, 4) is 11.5 Å². The zero-order valence-electron chi connectivity index (χ0n) is 19.5. The van der Waals surface area contributed by atoms with E-state index in [2.05, 4.69) is 20.6 Å². The lowest BCUT2D eigenvalue weighted by Gasteiger charge is -2.11. The largest absolute Gasteiger partial charge is 0.497 e. The summed E-state index contributed by atoms with van der Waals surface area (Å²) in [7, 11) is 3.14. The van der Waals surface area contributed by atoms with Crippen LogP contribution in [0.25, 0.3) is 17.1 Å². The molecule has 0 saturated heterocycles. The Hall–Kier alpha value is -4.59. The molecule has 4 rings (SSSR count). The molecule has 0 saturated carbocycles. The van der Waals surface area contributed by atoms with Crippen molar-refractivity contribution in [2.45, 2.75) is 6.42 Å². The number of nitrogens with one attached hydrogen (secondary N) is 3. The molecule has 4 aromatic rings. The third-order valence-electron chi connectivity index (χ3n) is 5.36. The minimum absolute atomic E-state index is 0.126. The number of aromatic nitrogens is 2. The summed E-state index contributed by atoms with van der Waals surface area (Å²) < 4.78 is 10.3. The highest BCUT2D eigenvalue weighted by atomic mass is 16.5. The van der Waals surface area contributed by atoms with Crippen LogP contribution in [0.3, 0.4) is 0 Å². The summed E-state index contributed by atoms with van der Waals surface area (Å²) in [6.07, 6.45) is 2.14. The molecule has 0 atom stereocenters. The van der Waals surface area contributed by atoms with E-state index in [4.69, 9.17) is 9.47 Å². The Morgan fingerprint density at radius 3 is 2.23 bits per heavy atom. The monoisotopic (exact) mass is 470 g/mol. The summed E-state index contributed by atoms with van der Waals surface area (Å²) in [6, 6.07) is 21.6. The van der Waals surface area contributed by atoms with Gasteiger partial charge in [-0.1, -0.05) is 24.3 Å². The van der Waals surface area contributed by atoms with Gasteiger partial charge in [0.05, 0.1) is 25.3 Å². The summed E-state index contributed by atoms with van der Waals surface area (Å²) in [5.41, 5.74) is 3.09. The summed E-state index contributed by atoms with van der Waals surface area (Å²) in [4.78, 5) is 33.6. The maximum absolute atomic E-state index is 13.0. The highest BCUT2D eigenvalue weighted by molar-refractivity contribution is 6.05. The van der Waals surface area contributed by atoms with Crippen LogP contribution in [0.15, 0.2) is 78.5 Å². The molecule has 0 aliphatic rings. The first-order valence-corrected chi connectivity index (χ1v) is 11.1. The van der Waals surface area contributed by atoms with Crippen LogP contribution >= 0.6 is 0 Å². The zero-order chi connectivity index (χ0) is 24.6. The number of methoxy groups -OCH3 is 2. The molecule has 0 bridgehead atoms. The van der Waals surface area contributed by atoms with Crippen molar-refractivity contribution in [2.24, 2.45) is 0 Å². The molecule has 0 aliphatic heterocycles. The number of rotatable bonds is 9. The zero-order valence-corrected chi connectivity index (χ0v) is 19.5. The highest BCUT2D eigenvalue weighted by Crippen LogP contribution is 2.15. The molecule has 0 spiro atoms. The number of carbonyl (C=O) groups excluding carboxylic acids is 2. The van der Waals surface area contributed by atoms with E-state index >= 15 is 0 Å². The molecule has 1 heterocycles. The number of hydrogen-bond donors (Lipinski definition) is 3. The number of para-hydroxylation sites is 2. The predicted molar refractivity (Wildman–Crippen MR) is 134 cm³/mol. The second-order valence-electron chi connectivity index (χ2n) is 7.72. The van der Waals surface area contributed by atoms with Crippen LogP contribution in [0.2, 0.25) is 0 Å². The minimum atomic E-state index is -0.404. The van der Waals surface area contributed by atoms with Crippen molar-refractivity contribution in [2.75, 3.05) is 20.8 Å².